The summed E-state index contributed by atoms with van der Waals surface area (Å²) in [6, 6.07) is 8.40. The molecule has 1 aromatic carbocycles. The van der Waals surface area contributed by atoms with Gasteiger partial charge in [-0.1, -0.05) is 6.07 Å². The number of phenolic OH excluding ortho intramolecular Hbond substituents is 1. The van der Waals surface area contributed by atoms with Crippen LogP contribution in [0.4, 0.5) is 5.69 Å². The summed E-state index contributed by atoms with van der Waals surface area (Å²) in [7, 11) is 1.90. The van der Waals surface area contributed by atoms with Gasteiger partial charge in [0.25, 0.3) is 0 Å². The number of fused-ring (bicyclic) bond motifs is 1. The second-order valence-corrected chi connectivity index (χ2v) is 6.29. The monoisotopic (exact) mass is 288 g/mol. The van der Waals surface area contributed by atoms with Gasteiger partial charge in [-0.3, -0.25) is 0 Å². The number of nitrogens with zero attached hydrogens (tertiary/aromatic N) is 1. The number of thiophene rings is 1. The summed E-state index contributed by atoms with van der Waals surface area (Å²) in [6.45, 7) is 4.01. The Bertz CT molecular complexity index is 608. The zero-order valence-electron chi connectivity index (χ0n) is 11.9. The van der Waals surface area contributed by atoms with Crippen LogP contribution in [0.5, 0.6) is 5.75 Å². The van der Waals surface area contributed by atoms with Crippen molar-refractivity contribution in [1.82, 2.24) is 5.32 Å². The van der Waals surface area contributed by atoms with E-state index in [-0.39, 0.29) is 6.04 Å². The molecule has 1 unspecified atom stereocenters. The summed E-state index contributed by atoms with van der Waals surface area (Å²) in [5.41, 5.74) is 3.48. The first-order chi connectivity index (χ1) is 9.69. The van der Waals surface area contributed by atoms with Crippen LogP contribution in [0.1, 0.15) is 29.0 Å². The maximum atomic E-state index is 10.2. The number of phenols is 1. The third-order valence-electron chi connectivity index (χ3n) is 4.09. The Hall–Kier alpha value is -1.52. The van der Waals surface area contributed by atoms with Gasteiger partial charge in [0, 0.05) is 41.3 Å². The van der Waals surface area contributed by atoms with E-state index in [9.17, 15) is 5.11 Å². The van der Waals surface area contributed by atoms with Gasteiger partial charge in [0.2, 0.25) is 0 Å². The average Bonchev–Trinajstić information content (AvgIpc) is 2.93. The van der Waals surface area contributed by atoms with Crippen molar-refractivity contribution in [2.24, 2.45) is 0 Å². The van der Waals surface area contributed by atoms with E-state index < -0.39 is 0 Å². The highest BCUT2D eigenvalue weighted by atomic mass is 32.1. The van der Waals surface area contributed by atoms with Crippen molar-refractivity contribution in [3.8, 4) is 5.75 Å². The van der Waals surface area contributed by atoms with Crippen LogP contribution in [0.2, 0.25) is 0 Å². The van der Waals surface area contributed by atoms with Gasteiger partial charge < -0.3 is 15.3 Å². The zero-order chi connectivity index (χ0) is 14.1. The first-order valence-corrected chi connectivity index (χ1v) is 7.87. The van der Waals surface area contributed by atoms with Crippen molar-refractivity contribution in [1.29, 1.82) is 0 Å². The Kier molecular flexibility index (Phi) is 3.68. The van der Waals surface area contributed by atoms with Crippen LogP contribution in [0, 0.1) is 0 Å². The van der Waals surface area contributed by atoms with Gasteiger partial charge in [0.05, 0.1) is 0 Å². The fraction of sp³-hybridized carbons (Fsp3) is 0.375. The largest absolute Gasteiger partial charge is 0.508 e. The van der Waals surface area contributed by atoms with Crippen molar-refractivity contribution < 1.29 is 5.11 Å². The minimum Gasteiger partial charge on any atom is -0.508 e. The lowest BCUT2D eigenvalue weighted by atomic mass is 10.0. The van der Waals surface area contributed by atoms with Crippen LogP contribution in [-0.2, 0) is 13.0 Å². The molecule has 0 amide bonds. The Balaban J connectivity index is 1.84. The maximum Gasteiger partial charge on any atom is 0.122 e. The molecule has 1 atom stereocenters. The topological polar surface area (TPSA) is 35.5 Å². The first-order valence-electron chi connectivity index (χ1n) is 6.99. The molecule has 0 bridgehead atoms. The molecule has 0 radical (unpaired) electrons. The molecule has 106 valence electrons. The fourth-order valence-corrected chi connectivity index (χ4v) is 3.61. The van der Waals surface area contributed by atoms with E-state index in [1.807, 2.05) is 37.4 Å². The van der Waals surface area contributed by atoms with Gasteiger partial charge in [-0.25, -0.2) is 0 Å². The predicted molar refractivity (Wildman–Crippen MR) is 84.7 cm³/mol. The summed E-state index contributed by atoms with van der Waals surface area (Å²) < 4.78 is 0. The van der Waals surface area contributed by atoms with Crippen LogP contribution < -0.4 is 10.2 Å². The number of benzene rings is 1. The van der Waals surface area contributed by atoms with Crippen LogP contribution in [0.25, 0.3) is 0 Å². The highest BCUT2D eigenvalue weighted by Crippen LogP contribution is 2.32. The molecule has 0 saturated heterocycles. The summed E-state index contributed by atoms with van der Waals surface area (Å²) in [5, 5.41) is 15.5. The molecule has 3 nitrogen and oxygen atoms in total. The quantitative estimate of drug-likeness (QED) is 0.909. The molecule has 1 aliphatic heterocycles. The number of hydrogen-bond donors (Lipinski definition) is 2. The van der Waals surface area contributed by atoms with E-state index in [1.165, 1.54) is 10.4 Å². The molecule has 2 N–H and O–H groups in total. The summed E-state index contributed by atoms with van der Waals surface area (Å²) >= 11 is 1.85. The van der Waals surface area contributed by atoms with Crippen molar-refractivity contribution in [3.63, 3.8) is 0 Å². The van der Waals surface area contributed by atoms with Crippen molar-refractivity contribution in [3.05, 3.63) is 45.6 Å². The number of hydrogen-bond acceptors (Lipinski definition) is 4. The average molecular weight is 288 g/mol. The van der Waals surface area contributed by atoms with Crippen LogP contribution in [-0.4, -0.2) is 18.7 Å². The minimum atomic E-state index is 0.161. The van der Waals surface area contributed by atoms with E-state index in [1.54, 1.807) is 0 Å². The van der Waals surface area contributed by atoms with Crippen LogP contribution >= 0.6 is 11.3 Å². The smallest absolute Gasteiger partial charge is 0.122 e. The standard InChI is InChI=1S/C16H20N2OS/c1-11(17-2)14-4-3-13(9-15(14)19)18-7-5-16-12(10-18)6-8-20-16/h3-4,6,8-9,11,17,19H,5,7,10H2,1-2H3. The molecule has 1 aromatic heterocycles. The Labute approximate surface area is 123 Å². The lowest BCUT2D eigenvalue weighted by Gasteiger charge is -2.29. The van der Waals surface area contributed by atoms with E-state index in [2.05, 4.69) is 27.7 Å². The Morgan fingerprint density at radius 1 is 1.35 bits per heavy atom. The van der Waals surface area contributed by atoms with Gasteiger partial charge in [-0.15, -0.1) is 11.3 Å². The molecule has 0 aliphatic carbocycles. The van der Waals surface area contributed by atoms with Crippen LogP contribution in [0.3, 0.4) is 0 Å². The zero-order valence-corrected chi connectivity index (χ0v) is 12.7. The summed E-state index contributed by atoms with van der Waals surface area (Å²) in [5.74, 6) is 0.375. The predicted octanol–water partition coefficient (Wildman–Crippen LogP) is 3.30. The molecule has 0 saturated carbocycles. The molecule has 4 heteroatoms. The molecule has 0 fully saturated rings. The maximum absolute atomic E-state index is 10.2. The third-order valence-corrected chi connectivity index (χ3v) is 5.11. The number of nitrogens with one attached hydrogen (secondary N) is 1. The second kappa shape index (κ2) is 5.46. The van der Waals surface area contributed by atoms with Crippen molar-refractivity contribution >= 4 is 17.0 Å². The van der Waals surface area contributed by atoms with Crippen LogP contribution in [0.15, 0.2) is 29.6 Å². The van der Waals surface area contributed by atoms with Gasteiger partial charge in [0.15, 0.2) is 0 Å². The second-order valence-electron chi connectivity index (χ2n) is 5.29. The SMILES string of the molecule is CNC(C)c1ccc(N2CCc3sccc3C2)cc1O. The molecule has 2 heterocycles. The number of rotatable bonds is 3. The molecule has 3 rings (SSSR count). The Morgan fingerprint density at radius 3 is 2.95 bits per heavy atom. The van der Waals surface area contributed by atoms with Crippen molar-refractivity contribution in [2.75, 3.05) is 18.5 Å². The lowest BCUT2D eigenvalue weighted by molar-refractivity contribution is 0.457. The summed E-state index contributed by atoms with van der Waals surface area (Å²) in [6.07, 6.45) is 1.10. The highest BCUT2D eigenvalue weighted by Gasteiger charge is 2.18. The lowest BCUT2D eigenvalue weighted by Crippen LogP contribution is -2.29. The number of aromatic hydroxyl groups is 1. The number of anilines is 1. The van der Waals surface area contributed by atoms with Gasteiger partial charge >= 0.3 is 0 Å². The molecule has 1 aliphatic rings. The molecular formula is C16H20N2OS. The van der Waals surface area contributed by atoms with E-state index >= 15 is 0 Å². The fourth-order valence-electron chi connectivity index (χ4n) is 2.72. The molecular weight excluding hydrogens is 268 g/mol. The van der Waals surface area contributed by atoms with E-state index in [4.69, 9.17) is 0 Å². The first kappa shape index (κ1) is 13.5. The van der Waals surface area contributed by atoms with Crippen molar-refractivity contribution in [2.45, 2.75) is 25.9 Å². The third kappa shape index (κ3) is 2.41. The van der Waals surface area contributed by atoms with E-state index in [0.717, 1.165) is 30.8 Å². The molecule has 20 heavy (non-hydrogen) atoms. The Morgan fingerprint density at radius 2 is 2.20 bits per heavy atom. The molecule has 0 spiro atoms. The normalized spacial score (nSPS) is 16.0. The van der Waals surface area contributed by atoms with Gasteiger partial charge in [-0.05, 0) is 43.5 Å². The van der Waals surface area contributed by atoms with Gasteiger partial charge in [-0.2, -0.15) is 0 Å². The minimum absolute atomic E-state index is 0.161. The highest BCUT2D eigenvalue weighted by molar-refractivity contribution is 7.10. The summed E-state index contributed by atoms with van der Waals surface area (Å²) in [4.78, 5) is 3.84. The van der Waals surface area contributed by atoms with Gasteiger partial charge in [0.1, 0.15) is 5.75 Å². The van der Waals surface area contributed by atoms with E-state index in [0.29, 0.717) is 5.75 Å². The molecule has 2 aromatic rings.